The zero-order chi connectivity index (χ0) is 15.1. The smallest absolute Gasteiger partial charge is 0.187 e. The van der Waals surface area contributed by atoms with Gasteiger partial charge in [-0.15, -0.1) is 6.58 Å². The van der Waals surface area contributed by atoms with Crippen LogP contribution in [0.3, 0.4) is 0 Å². The highest BCUT2D eigenvalue weighted by Gasteiger charge is 2.07. The van der Waals surface area contributed by atoms with Crippen molar-refractivity contribution in [2.24, 2.45) is 5.10 Å². The Kier molecular flexibility index (Phi) is 5.22. The van der Waals surface area contributed by atoms with E-state index in [2.05, 4.69) is 22.4 Å². The minimum absolute atomic E-state index is 0.330. The first-order valence-electron chi connectivity index (χ1n) is 6.23. The van der Waals surface area contributed by atoms with E-state index >= 15 is 0 Å². The van der Waals surface area contributed by atoms with Crippen molar-refractivity contribution in [2.45, 2.75) is 0 Å². The molecule has 0 spiro atoms. The van der Waals surface area contributed by atoms with E-state index in [-0.39, 0.29) is 5.82 Å². The minimum Gasteiger partial charge on any atom is -0.455 e. The van der Waals surface area contributed by atoms with E-state index in [0.29, 0.717) is 28.7 Å². The molecule has 4 nitrogen and oxygen atoms in total. The Morgan fingerprint density at radius 1 is 1.33 bits per heavy atom. The molecular formula is C15H14FN3OS. The molecule has 0 saturated heterocycles. The normalized spacial score (nSPS) is 10.5. The fourth-order valence-electron chi connectivity index (χ4n) is 1.59. The monoisotopic (exact) mass is 303 g/mol. The Bertz CT molecular complexity index is 666. The van der Waals surface area contributed by atoms with Gasteiger partial charge in [-0.3, -0.25) is 5.43 Å². The second kappa shape index (κ2) is 7.35. The molecule has 0 amide bonds. The molecule has 2 N–H and O–H groups in total. The molecule has 0 aliphatic rings. The van der Waals surface area contributed by atoms with Crippen LogP contribution < -0.4 is 10.7 Å². The number of thiocarbonyl (C=S) groups is 1. The molecule has 0 aliphatic carbocycles. The Morgan fingerprint density at radius 2 is 2.14 bits per heavy atom. The second-order valence-electron chi connectivity index (χ2n) is 4.05. The van der Waals surface area contributed by atoms with E-state index in [1.807, 2.05) is 0 Å². The average Bonchev–Trinajstić information content (AvgIpc) is 2.94. The Labute approximate surface area is 127 Å². The van der Waals surface area contributed by atoms with Crippen molar-refractivity contribution in [3.05, 3.63) is 60.6 Å². The predicted octanol–water partition coefficient (Wildman–Crippen LogP) is 3.07. The number of nitrogens with zero attached hydrogens (tertiary/aromatic N) is 1. The maximum atomic E-state index is 13.6. The Balaban J connectivity index is 1.99. The molecule has 1 aromatic heterocycles. The maximum Gasteiger partial charge on any atom is 0.187 e. The fraction of sp³-hybridized carbons (Fsp3) is 0.0667. The first kappa shape index (κ1) is 14.9. The number of hydrogen-bond donors (Lipinski definition) is 2. The van der Waals surface area contributed by atoms with Gasteiger partial charge in [-0.1, -0.05) is 18.2 Å². The van der Waals surface area contributed by atoms with Gasteiger partial charge in [0.1, 0.15) is 17.3 Å². The first-order chi connectivity index (χ1) is 10.2. The van der Waals surface area contributed by atoms with Crippen LogP contribution in [0.25, 0.3) is 11.3 Å². The van der Waals surface area contributed by atoms with Crippen LogP contribution in [0, 0.1) is 5.82 Å². The number of furan rings is 1. The second-order valence-corrected chi connectivity index (χ2v) is 4.46. The summed E-state index contributed by atoms with van der Waals surface area (Å²) in [7, 11) is 0. The van der Waals surface area contributed by atoms with Gasteiger partial charge in [-0.2, -0.15) is 5.10 Å². The van der Waals surface area contributed by atoms with Crippen LogP contribution in [0.1, 0.15) is 5.76 Å². The summed E-state index contributed by atoms with van der Waals surface area (Å²) in [6.45, 7) is 4.12. The predicted molar refractivity (Wildman–Crippen MR) is 85.6 cm³/mol. The largest absolute Gasteiger partial charge is 0.455 e. The van der Waals surface area contributed by atoms with Gasteiger partial charge in [0.05, 0.1) is 11.8 Å². The summed E-state index contributed by atoms with van der Waals surface area (Å²) in [5.41, 5.74) is 3.04. The molecule has 108 valence electrons. The van der Waals surface area contributed by atoms with Gasteiger partial charge < -0.3 is 9.73 Å². The number of benzene rings is 1. The van der Waals surface area contributed by atoms with Gasteiger partial charge in [-0.25, -0.2) is 4.39 Å². The molecule has 0 aliphatic heterocycles. The molecule has 0 atom stereocenters. The fourth-order valence-corrected chi connectivity index (χ4v) is 1.72. The summed E-state index contributed by atoms with van der Waals surface area (Å²) < 4.78 is 19.1. The minimum atomic E-state index is -0.330. The molecule has 0 unspecified atom stereocenters. The molecule has 1 aromatic carbocycles. The highest BCUT2D eigenvalue weighted by molar-refractivity contribution is 7.80. The first-order valence-corrected chi connectivity index (χ1v) is 6.64. The molecule has 0 fully saturated rings. The van der Waals surface area contributed by atoms with E-state index in [0.717, 1.165) is 0 Å². The van der Waals surface area contributed by atoms with E-state index in [4.69, 9.17) is 16.6 Å². The van der Waals surface area contributed by atoms with Crippen LogP contribution in [-0.2, 0) is 0 Å². The lowest BCUT2D eigenvalue weighted by atomic mass is 10.1. The van der Waals surface area contributed by atoms with Gasteiger partial charge in [0.2, 0.25) is 0 Å². The lowest BCUT2D eigenvalue weighted by Gasteiger charge is -2.02. The maximum absolute atomic E-state index is 13.6. The Hall–Kier alpha value is -2.47. The number of nitrogens with one attached hydrogen (secondary N) is 2. The number of hydrazone groups is 1. The number of halogens is 1. The summed E-state index contributed by atoms with van der Waals surface area (Å²) in [5.74, 6) is 0.609. The molecule has 0 saturated carbocycles. The van der Waals surface area contributed by atoms with Crippen molar-refractivity contribution in [3.63, 3.8) is 0 Å². The molecule has 2 aromatic rings. The van der Waals surface area contributed by atoms with Gasteiger partial charge in [-0.05, 0) is 36.5 Å². The van der Waals surface area contributed by atoms with Crippen molar-refractivity contribution in [1.82, 2.24) is 10.7 Å². The van der Waals surface area contributed by atoms with Crippen molar-refractivity contribution in [1.29, 1.82) is 0 Å². The van der Waals surface area contributed by atoms with Crippen molar-refractivity contribution < 1.29 is 8.81 Å². The van der Waals surface area contributed by atoms with Crippen LogP contribution in [0.2, 0.25) is 0 Å². The van der Waals surface area contributed by atoms with Crippen molar-refractivity contribution in [3.8, 4) is 11.3 Å². The van der Waals surface area contributed by atoms with Crippen LogP contribution >= 0.6 is 12.2 Å². The van der Waals surface area contributed by atoms with E-state index in [1.54, 1.807) is 36.4 Å². The lowest BCUT2D eigenvalue weighted by molar-refractivity contribution is 0.563. The third-order valence-corrected chi connectivity index (χ3v) is 2.77. The molecule has 1 heterocycles. The van der Waals surface area contributed by atoms with Gasteiger partial charge in [0, 0.05) is 6.54 Å². The van der Waals surface area contributed by atoms with Gasteiger partial charge in [0.25, 0.3) is 0 Å². The number of hydrogen-bond acceptors (Lipinski definition) is 3. The molecular weight excluding hydrogens is 289 g/mol. The third-order valence-electron chi connectivity index (χ3n) is 2.53. The summed E-state index contributed by atoms with van der Waals surface area (Å²) in [6.07, 6.45) is 3.15. The zero-order valence-electron chi connectivity index (χ0n) is 11.2. The summed E-state index contributed by atoms with van der Waals surface area (Å²) >= 11 is 4.97. The van der Waals surface area contributed by atoms with E-state index < -0.39 is 0 Å². The third kappa shape index (κ3) is 4.25. The van der Waals surface area contributed by atoms with Crippen LogP contribution in [0.15, 0.2) is 58.6 Å². The van der Waals surface area contributed by atoms with Crippen molar-refractivity contribution in [2.75, 3.05) is 6.54 Å². The van der Waals surface area contributed by atoms with E-state index in [1.165, 1.54) is 12.3 Å². The SMILES string of the molecule is C=CCNC(=S)N/N=C\c1ccc(-c2ccccc2F)o1. The van der Waals surface area contributed by atoms with Crippen LogP contribution in [0.5, 0.6) is 0 Å². The van der Waals surface area contributed by atoms with E-state index in [9.17, 15) is 4.39 Å². The summed E-state index contributed by atoms with van der Waals surface area (Å²) in [4.78, 5) is 0. The van der Waals surface area contributed by atoms with Crippen molar-refractivity contribution >= 4 is 23.5 Å². The zero-order valence-corrected chi connectivity index (χ0v) is 12.0. The molecule has 6 heteroatoms. The van der Waals surface area contributed by atoms with Gasteiger partial charge in [0.15, 0.2) is 5.11 Å². The van der Waals surface area contributed by atoms with Crippen LogP contribution in [0.4, 0.5) is 4.39 Å². The number of rotatable bonds is 5. The molecule has 0 bridgehead atoms. The highest BCUT2D eigenvalue weighted by atomic mass is 32.1. The average molecular weight is 303 g/mol. The standard InChI is InChI=1S/C15H14FN3OS/c1-2-9-17-15(21)19-18-10-11-7-8-14(20-11)12-5-3-4-6-13(12)16/h2-8,10H,1,9H2,(H2,17,19,21)/b18-10-. The summed E-state index contributed by atoms with van der Waals surface area (Å²) in [5, 5.41) is 7.17. The van der Waals surface area contributed by atoms with Crippen LogP contribution in [-0.4, -0.2) is 17.9 Å². The topological polar surface area (TPSA) is 49.6 Å². The molecule has 2 rings (SSSR count). The molecule has 0 radical (unpaired) electrons. The molecule has 21 heavy (non-hydrogen) atoms. The summed E-state index contributed by atoms with van der Waals surface area (Å²) in [6, 6.07) is 9.81. The highest BCUT2D eigenvalue weighted by Crippen LogP contribution is 2.24. The quantitative estimate of drug-likeness (QED) is 0.386. The van der Waals surface area contributed by atoms with Gasteiger partial charge >= 0.3 is 0 Å². The Morgan fingerprint density at radius 3 is 2.90 bits per heavy atom. The lowest BCUT2D eigenvalue weighted by Crippen LogP contribution is -2.31.